The van der Waals surface area contributed by atoms with Crippen LogP contribution in [0.2, 0.25) is 0 Å². The Morgan fingerprint density at radius 1 is 0.968 bits per heavy atom. The topological polar surface area (TPSA) is 70.9 Å². The third kappa shape index (κ3) is 4.70. The average molecular weight is 414 g/mol. The lowest BCUT2D eigenvalue weighted by atomic mass is 10.0. The summed E-state index contributed by atoms with van der Waals surface area (Å²) in [5, 5.41) is 15.8. The van der Waals surface area contributed by atoms with E-state index in [0.717, 1.165) is 16.3 Å². The molecule has 0 aromatic heterocycles. The molecule has 0 spiro atoms. The van der Waals surface area contributed by atoms with Crippen LogP contribution >= 0.6 is 0 Å². The van der Waals surface area contributed by atoms with Crippen LogP contribution in [-0.4, -0.2) is 17.2 Å². The predicted molar refractivity (Wildman–Crippen MR) is 118 cm³/mol. The number of hydrogen-bond acceptors (Lipinski definition) is 4. The molecule has 5 nitrogen and oxygen atoms in total. The monoisotopic (exact) mass is 414 g/mol. The van der Waals surface area contributed by atoms with Gasteiger partial charge in [-0.3, -0.25) is 4.79 Å². The Labute approximate surface area is 178 Å². The summed E-state index contributed by atoms with van der Waals surface area (Å²) in [6.45, 7) is 0.254. The second kappa shape index (κ2) is 9.09. The van der Waals surface area contributed by atoms with Crippen molar-refractivity contribution in [2.24, 2.45) is 5.10 Å². The van der Waals surface area contributed by atoms with Gasteiger partial charge in [-0.15, -0.1) is 0 Å². The Balaban J connectivity index is 1.59. The highest BCUT2D eigenvalue weighted by atomic mass is 19.1. The second-order valence-electron chi connectivity index (χ2n) is 6.83. The molecular formula is C25H19FN2O3. The lowest BCUT2D eigenvalue weighted by Gasteiger charge is -2.12. The minimum absolute atomic E-state index is 0.122. The van der Waals surface area contributed by atoms with Gasteiger partial charge in [0.2, 0.25) is 0 Å². The minimum atomic E-state index is -0.525. The van der Waals surface area contributed by atoms with E-state index in [0.29, 0.717) is 11.3 Å². The van der Waals surface area contributed by atoms with Crippen LogP contribution in [-0.2, 0) is 6.61 Å². The standard InChI is InChI=1S/C25H19FN2O3/c26-19-12-9-17(10-13-19)16-31-24-14-11-18-5-1-2-6-20(18)22(24)15-27-28-25(30)21-7-3-4-8-23(21)29/h1-15,29H,16H2,(H,28,30)/b27-15-. The smallest absolute Gasteiger partial charge is 0.275 e. The van der Waals surface area contributed by atoms with Crippen LogP contribution in [0.4, 0.5) is 4.39 Å². The molecule has 0 fully saturated rings. The number of phenolic OH excluding ortho intramolecular Hbond substituents is 1. The summed E-state index contributed by atoms with van der Waals surface area (Å²) >= 11 is 0. The van der Waals surface area contributed by atoms with Gasteiger partial charge in [-0.05, 0) is 46.7 Å². The van der Waals surface area contributed by atoms with Gasteiger partial charge in [-0.1, -0.05) is 54.6 Å². The first-order valence-corrected chi connectivity index (χ1v) is 9.62. The molecule has 0 heterocycles. The van der Waals surface area contributed by atoms with Crippen molar-refractivity contribution >= 4 is 22.9 Å². The first-order valence-electron chi connectivity index (χ1n) is 9.62. The van der Waals surface area contributed by atoms with Crippen molar-refractivity contribution in [1.82, 2.24) is 5.43 Å². The average Bonchev–Trinajstić information content (AvgIpc) is 2.79. The van der Waals surface area contributed by atoms with E-state index >= 15 is 0 Å². The third-order valence-electron chi connectivity index (χ3n) is 4.75. The van der Waals surface area contributed by atoms with Crippen molar-refractivity contribution in [3.63, 3.8) is 0 Å². The SMILES string of the molecule is O=C(N/N=C\c1c(OCc2ccc(F)cc2)ccc2ccccc12)c1ccccc1O. The van der Waals surface area contributed by atoms with Gasteiger partial charge in [0.15, 0.2) is 0 Å². The van der Waals surface area contributed by atoms with E-state index in [1.165, 1.54) is 30.5 Å². The number of amides is 1. The first kappa shape index (κ1) is 20.1. The van der Waals surface area contributed by atoms with Crippen molar-refractivity contribution in [3.05, 3.63) is 107 Å². The van der Waals surface area contributed by atoms with Gasteiger partial charge >= 0.3 is 0 Å². The zero-order valence-electron chi connectivity index (χ0n) is 16.5. The summed E-state index contributed by atoms with van der Waals surface area (Å²) in [5.74, 6) is -0.377. The van der Waals surface area contributed by atoms with Gasteiger partial charge in [-0.25, -0.2) is 9.82 Å². The predicted octanol–water partition coefficient (Wildman–Crippen LogP) is 5.03. The molecule has 0 bridgehead atoms. The summed E-state index contributed by atoms with van der Waals surface area (Å²) in [4.78, 5) is 12.3. The fourth-order valence-electron chi connectivity index (χ4n) is 3.16. The van der Waals surface area contributed by atoms with E-state index < -0.39 is 5.91 Å². The fraction of sp³-hybridized carbons (Fsp3) is 0.0400. The molecule has 31 heavy (non-hydrogen) atoms. The summed E-state index contributed by atoms with van der Waals surface area (Å²) in [6.07, 6.45) is 1.51. The number of benzene rings is 4. The van der Waals surface area contributed by atoms with Crippen molar-refractivity contribution < 1.29 is 19.0 Å². The van der Waals surface area contributed by atoms with Crippen LogP contribution in [0.25, 0.3) is 10.8 Å². The Bertz CT molecular complexity index is 1250. The lowest BCUT2D eigenvalue weighted by molar-refractivity contribution is 0.0952. The number of nitrogens with one attached hydrogen (secondary N) is 1. The number of phenols is 1. The van der Waals surface area contributed by atoms with Gasteiger partial charge in [0.25, 0.3) is 5.91 Å². The van der Waals surface area contributed by atoms with E-state index in [1.807, 2.05) is 36.4 Å². The fourth-order valence-corrected chi connectivity index (χ4v) is 3.16. The number of para-hydroxylation sites is 1. The number of hydrogen-bond donors (Lipinski definition) is 2. The van der Waals surface area contributed by atoms with Crippen LogP contribution in [0, 0.1) is 5.82 Å². The number of halogens is 1. The molecule has 6 heteroatoms. The van der Waals surface area contributed by atoms with Crippen LogP contribution in [0.3, 0.4) is 0 Å². The van der Waals surface area contributed by atoms with Gasteiger partial charge in [0.05, 0.1) is 11.8 Å². The molecule has 0 radical (unpaired) electrons. The third-order valence-corrected chi connectivity index (χ3v) is 4.75. The number of carbonyl (C=O) groups is 1. The first-order chi connectivity index (χ1) is 15.1. The van der Waals surface area contributed by atoms with Crippen LogP contribution < -0.4 is 10.2 Å². The second-order valence-corrected chi connectivity index (χ2v) is 6.83. The Hall–Kier alpha value is -4.19. The number of nitrogens with zero attached hydrogens (tertiary/aromatic N) is 1. The van der Waals surface area contributed by atoms with Gasteiger partial charge in [0, 0.05) is 5.56 Å². The molecule has 0 aliphatic heterocycles. The number of rotatable bonds is 6. The molecule has 4 aromatic carbocycles. The molecule has 1 amide bonds. The summed E-state index contributed by atoms with van der Waals surface area (Å²) in [5.41, 5.74) is 4.08. The van der Waals surface area contributed by atoms with Gasteiger partial charge in [-0.2, -0.15) is 5.10 Å². The number of hydrazone groups is 1. The molecule has 154 valence electrons. The van der Waals surface area contributed by atoms with Crippen molar-refractivity contribution in [2.45, 2.75) is 6.61 Å². The van der Waals surface area contributed by atoms with Crippen LogP contribution in [0.1, 0.15) is 21.5 Å². The quantitative estimate of drug-likeness (QED) is 0.343. The van der Waals surface area contributed by atoms with Crippen molar-refractivity contribution in [1.29, 1.82) is 0 Å². The van der Waals surface area contributed by atoms with Gasteiger partial charge in [0.1, 0.15) is 23.9 Å². The molecule has 0 saturated carbocycles. The highest BCUT2D eigenvalue weighted by molar-refractivity contribution is 6.03. The highest BCUT2D eigenvalue weighted by Crippen LogP contribution is 2.27. The molecule has 2 N–H and O–H groups in total. The molecular weight excluding hydrogens is 395 g/mol. The van der Waals surface area contributed by atoms with E-state index in [1.54, 1.807) is 24.3 Å². The number of ether oxygens (including phenoxy) is 1. The van der Waals surface area contributed by atoms with E-state index in [4.69, 9.17) is 4.74 Å². The Morgan fingerprint density at radius 2 is 1.71 bits per heavy atom. The maximum atomic E-state index is 13.1. The number of carbonyl (C=O) groups excluding carboxylic acids is 1. The van der Waals surface area contributed by atoms with Crippen molar-refractivity contribution in [2.75, 3.05) is 0 Å². The van der Waals surface area contributed by atoms with E-state index in [2.05, 4.69) is 10.5 Å². The van der Waals surface area contributed by atoms with Crippen LogP contribution in [0.15, 0.2) is 90.0 Å². The molecule has 4 aromatic rings. The molecule has 0 atom stereocenters. The number of aromatic hydroxyl groups is 1. The van der Waals surface area contributed by atoms with Gasteiger partial charge < -0.3 is 9.84 Å². The minimum Gasteiger partial charge on any atom is -0.507 e. The largest absolute Gasteiger partial charge is 0.507 e. The zero-order chi connectivity index (χ0) is 21.6. The molecule has 4 rings (SSSR count). The molecule has 0 aliphatic carbocycles. The molecule has 0 unspecified atom stereocenters. The Kier molecular flexibility index (Phi) is 5.89. The van der Waals surface area contributed by atoms with Crippen LogP contribution in [0.5, 0.6) is 11.5 Å². The van der Waals surface area contributed by atoms with Crippen molar-refractivity contribution in [3.8, 4) is 11.5 Å². The zero-order valence-corrected chi connectivity index (χ0v) is 16.5. The summed E-state index contributed by atoms with van der Waals surface area (Å²) in [7, 11) is 0. The Morgan fingerprint density at radius 3 is 2.52 bits per heavy atom. The lowest BCUT2D eigenvalue weighted by Crippen LogP contribution is -2.17. The molecule has 0 aliphatic rings. The number of fused-ring (bicyclic) bond motifs is 1. The van der Waals surface area contributed by atoms with E-state index in [-0.39, 0.29) is 23.7 Å². The summed E-state index contributed by atoms with van der Waals surface area (Å²) < 4.78 is 19.1. The maximum Gasteiger partial charge on any atom is 0.275 e. The maximum absolute atomic E-state index is 13.1. The molecule has 0 saturated heterocycles. The summed E-state index contributed by atoms with van der Waals surface area (Å²) in [6, 6.07) is 23.8. The highest BCUT2D eigenvalue weighted by Gasteiger charge is 2.10. The normalized spacial score (nSPS) is 11.0. The van der Waals surface area contributed by atoms with E-state index in [9.17, 15) is 14.3 Å².